The third-order valence-corrected chi connectivity index (χ3v) is 2.58. The van der Waals surface area contributed by atoms with Crippen LogP contribution in [0.25, 0.3) is 0 Å². The van der Waals surface area contributed by atoms with Gasteiger partial charge in [0.05, 0.1) is 18.0 Å². The molecule has 1 amide bonds. The van der Waals surface area contributed by atoms with Crippen molar-refractivity contribution in [1.82, 2.24) is 15.3 Å². The van der Waals surface area contributed by atoms with Crippen molar-refractivity contribution < 1.29 is 14.7 Å². The number of carboxylic acids is 1. The Hall–Kier alpha value is -3.14. The molecular weight excluding hydrogens is 260 g/mol. The van der Waals surface area contributed by atoms with E-state index in [1.165, 1.54) is 0 Å². The highest BCUT2D eigenvalue weighted by molar-refractivity contribution is 6.02. The number of hydrogen-bond acceptors (Lipinski definition) is 4. The summed E-state index contributed by atoms with van der Waals surface area (Å²) >= 11 is 0. The molecule has 7 nitrogen and oxygen atoms in total. The molecule has 7 heteroatoms. The van der Waals surface area contributed by atoms with E-state index in [4.69, 9.17) is 10.4 Å². The predicted molar refractivity (Wildman–Crippen MR) is 67.9 cm³/mol. The molecule has 0 atom stereocenters. The van der Waals surface area contributed by atoms with Gasteiger partial charge in [0.2, 0.25) is 0 Å². The molecule has 0 unspecified atom stereocenters. The van der Waals surface area contributed by atoms with Crippen LogP contribution >= 0.6 is 0 Å². The summed E-state index contributed by atoms with van der Waals surface area (Å²) in [5, 5.41) is 20.2. The van der Waals surface area contributed by atoms with Crippen LogP contribution < -0.4 is 5.32 Å². The molecular formula is C13H10N4O3. The average molecular weight is 270 g/mol. The molecule has 0 aliphatic rings. The number of nitrogens with one attached hydrogen (secondary N) is 2. The smallest absolute Gasteiger partial charge is 0.354 e. The highest BCUT2D eigenvalue weighted by Crippen LogP contribution is 2.06. The number of aromatic carboxylic acids is 1. The van der Waals surface area contributed by atoms with E-state index in [0.717, 1.165) is 11.9 Å². The zero-order valence-corrected chi connectivity index (χ0v) is 10.3. The van der Waals surface area contributed by atoms with Gasteiger partial charge in [-0.25, -0.2) is 9.78 Å². The van der Waals surface area contributed by atoms with Gasteiger partial charge in [0, 0.05) is 6.54 Å². The third-order valence-electron chi connectivity index (χ3n) is 2.58. The number of carboxylic acid groups (broad SMARTS) is 1. The Morgan fingerprint density at radius 2 is 2.25 bits per heavy atom. The van der Waals surface area contributed by atoms with E-state index >= 15 is 0 Å². The lowest BCUT2D eigenvalue weighted by molar-refractivity contribution is 0.0685. The number of rotatable bonds is 4. The molecule has 1 aromatic heterocycles. The lowest BCUT2D eigenvalue weighted by Gasteiger charge is -2.04. The number of aromatic nitrogens is 2. The summed E-state index contributed by atoms with van der Waals surface area (Å²) in [5.74, 6) is -1.84. The Morgan fingerprint density at radius 3 is 2.95 bits per heavy atom. The fourth-order valence-corrected chi connectivity index (χ4v) is 1.65. The van der Waals surface area contributed by atoms with Gasteiger partial charge in [0.25, 0.3) is 5.91 Å². The molecule has 1 heterocycles. The molecule has 2 rings (SSSR count). The van der Waals surface area contributed by atoms with Crippen LogP contribution in [-0.2, 0) is 6.54 Å². The summed E-state index contributed by atoms with van der Waals surface area (Å²) < 4.78 is 0. The summed E-state index contributed by atoms with van der Waals surface area (Å²) in [6.45, 7) is 0.181. The second-order valence-corrected chi connectivity index (χ2v) is 3.93. The summed E-state index contributed by atoms with van der Waals surface area (Å²) in [4.78, 5) is 28.8. The molecule has 2 aromatic rings. The highest BCUT2D eigenvalue weighted by atomic mass is 16.4. The van der Waals surface area contributed by atoms with Crippen molar-refractivity contribution in [2.75, 3.05) is 0 Å². The normalized spacial score (nSPS) is 9.75. The molecule has 0 bridgehead atoms. The summed E-state index contributed by atoms with van der Waals surface area (Å²) in [6, 6.07) is 8.75. The molecule has 1 aromatic carbocycles. The van der Waals surface area contributed by atoms with E-state index in [2.05, 4.69) is 15.3 Å². The maximum atomic E-state index is 11.8. The maximum absolute atomic E-state index is 11.8. The van der Waals surface area contributed by atoms with E-state index in [-0.39, 0.29) is 17.9 Å². The number of amides is 1. The molecule has 20 heavy (non-hydrogen) atoms. The lowest BCUT2D eigenvalue weighted by Crippen LogP contribution is -2.25. The van der Waals surface area contributed by atoms with Crippen LogP contribution in [0.3, 0.4) is 0 Å². The minimum absolute atomic E-state index is 0.172. The molecule has 0 saturated heterocycles. The number of nitriles is 1. The molecule has 0 radical (unpaired) electrons. The van der Waals surface area contributed by atoms with Gasteiger partial charge in [-0.05, 0) is 17.7 Å². The van der Waals surface area contributed by atoms with Crippen LogP contribution in [0.2, 0.25) is 0 Å². The second kappa shape index (κ2) is 5.67. The van der Waals surface area contributed by atoms with Gasteiger partial charge in [0.15, 0.2) is 11.4 Å². The van der Waals surface area contributed by atoms with Crippen molar-refractivity contribution in [1.29, 1.82) is 5.26 Å². The number of benzene rings is 1. The average Bonchev–Trinajstić information content (AvgIpc) is 2.94. The fraction of sp³-hybridized carbons (Fsp3) is 0.0769. The predicted octanol–water partition coefficient (Wildman–Crippen LogP) is 0.910. The monoisotopic (exact) mass is 270 g/mol. The van der Waals surface area contributed by atoms with Crippen molar-refractivity contribution >= 4 is 11.9 Å². The van der Waals surface area contributed by atoms with Gasteiger partial charge >= 0.3 is 5.97 Å². The molecule has 0 saturated carbocycles. The van der Waals surface area contributed by atoms with E-state index in [0.29, 0.717) is 5.56 Å². The van der Waals surface area contributed by atoms with Crippen molar-refractivity contribution in [2.45, 2.75) is 6.54 Å². The Labute approximate surface area is 113 Å². The molecule has 0 spiro atoms. The number of hydrogen-bond donors (Lipinski definition) is 3. The lowest BCUT2D eigenvalue weighted by atomic mass is 10.1. The standard InChI is InChI=1S/C13H10N4O3/c14-5-8-2-1-3-9(4-8)6-15-12(18)10-11(13(19)20)17-7-16-10/h1-4,7H,6H2,(H,15,18)(H,16,17)(H,19,20). The van der Waals surface area contributed by atoms with Gasteiger partial charge < -0.3 is 15.4 Å². The van der Waals surface area contributed by atoms with E-state index in [1.807, 2.05) is 6.07 Å². The number of carbonyl (C=O) groups excluding carboxylic acids is 1. The van der Waals surface area contributed by atoms with Crippen molar-refractivity contribution in [3.05, 3.63) is 53.1 Å². The van der Waals surface area contributed by atoms with E-state index in [9.17, 15) is 9.59 Å². The van der Waals surface area contributed by atoms with Crippen LogP contribution in [0.15, 0.2) is 30.6 Å². The number of aromatic amines is 1. The van der Waals surface area contributed by atoms with Crippen molar-refractivity contribution in [3.8, 4) is 6.07 Å². The van der Waals surface area contributed by atoms with Gasteiger partial charge in [0.1, 0.15) is 0 Å². The van der Waals surface area contributed by atoms with Gasteiger partial charge in [-0.3, -0.25) is 4.79 Å². The molecule has 0 aliphatic heterocycles. The number of imidazole rings is 1. The van der Waals surface area contributed by atoms with E-state index < -0.39 is 11.9 Å². The summed E-state index contributed by atoms with van der Waals surface area (Å²) in [6.07, 6.45) is 1.15. The SMILES string of the molecule is N#Cc1cccc(CNC(=O)c2nc[nH]c2C(=O)O)c1. The van der Waals surface area contributed by atoms with Crippen LogP contribution in [0.4, 0.5) is 0 Å². The summed E-state index contributed by atoms with van der Waals surface area (Å²) in [7, 11) is 0. The molecule has 3 N–H and O–H groups in total. The van der Waals surface area contributed by atoms with Gasteiger partial charge in [-0.15, -0.1) is 0 Å². The van der Waals surface area contributed by atoms with Gasteiger partial charge in [-0.1, -0.05) is 12.1 Å². The fourth-order valence-electron chi connectivity index (χ4n) is 1.65. The Kier molecular flexibility index (Phi) is 3.77. The van der Waals surface area contributed by atoms with E-state index in [1.54, 1.807) is 24.3 Å². The Bertz CT molecular complexity index is 700. The zero-order chi connectivity index (χ0) is 14.5. The first-order chi connectivity index (χ1) is 9.61. The molecule has 0 aliphatic carbocycles. The van der Waals surface area contributed by atoms with Crippen molar-refractivity contribution in [2.24, 2.45) is 0 Å². The first kappa shape index (κ1) is 13.3. The minimum atomic E-state index is -1.25. The highest BCUT2D eigenvalue weighted by Gasteiger charge is 2.19. The zero-order valence-electron chi connectivity index (χ0n) is 10.3. The van der Waals surface area contributed by atoms with Crippen LogP contribution in [0.5, 0.6) is 0 Å². The van der Waals surface area contributed by atoms with Crippen LogP contribution in [-0.4, -0.2) is 27.0 Å². The number of nitrogens with zero attached hydrogens (tertiary/aromatic N) is 2. The van der Waals surface area contributed by atoms with Crippen LogP contribution in [0, 0.1) is 11.3 Å². The number of carbonyl (C=O) groups is 2. The third kappa shape index (κ3) is 2.81. The summed E-state index contributed by atoms with van der Waals surface area (Å²) in [5.41, 5.74) is 0.801. The first-order valence-electron chi connectivity index (χ1n) is 5.65. The number of H-pyrrole nitrogens is 1. The van der Waals surface area contributed by atoms with Crippen LogP contribution in [0.1, 0.15) is 32.1 Å². The Balaban J connectivity index is 2.07. The maximum Gasteiger partial charge on any atom is 0.354 e. The Morgan fingerprint density at radius 1 is 1.45 bits per heavy atom. The molecule has 0 fully saturated rings. The minimum Gasteiger partial charge on any atom is -0.477 e. The topological polar surface area (TPSA) is 119 Å². The van der Waals surface area contributed by atoms with Crippen molar-refractivity contribution in [3.63, 3.8) is 0 Å². The first-order valence-corrected chi connectivity index (χ1v) is 5.65. The van der Waals surface area contributed by atoms with Gasteiger partial charge in [-0.2, -0.15) is 5.26 Å². The largest absolute Gasteiger partial charge is 0.477 e. The quantitative estimate of drug-likeness (QED) is 0.762. The second-order valence-electron chi connectivity index (χ2n) is 3.93. The molecule has 100 valence electrons.